The normalized spacial score (nSPS) is 30.9. The third kappa shape index (κ3) is 6.65. The summed E-state index contributed by atoms with van der Waals surface area (Å²) in [4.78, 5) is 11.7. The number of carboxylic acid groups (broad SMARTS) is 1. The lowest BCUT2D eigenvalue weighted by molar-refractivity contribution is -0.309. The molecule has 27 heavy (non-hydrogen) atoms. The van der Waals surface area contributed by atoms with Gasteiger partial charge >= 0.3 is 13.6 Å². The molecule has 0 aromatic rings. The minimum atomic E-state index is -2.16. The van der Waals surface area contributed by atoms with E-state index in [0.717, 1.165) is 6.42 Å². The monoisotopic (exact) mass is 393 g/mol. The SMILES string of the molecule is CCO[C@]1(C(=O)O)C[C@@H](O)C(NBOCCC(C)C)C([C@H](O)[C@H](O)CO)O1. The number of nitrogens with one attached hydrogen (secondary N) is 1. The standard InChI is InChI=1S/C16H32BNO9/c1-4-25-16(15(23)24)7-10(20)12(18-17-26-6-5-9(2)3)14(27-16)13(22)11(21)8-19/h9-14,17-22H,4-8H2,1-3H3,(H,23,24)/t10-,11-,12?,13-,14?,16-/m1/s1. The molecule has 0 bridgehead atoms. The average molecular weight is 393 g/mol. The quantitative estimate of drug-likeness (QED) is 0.161. The average Bonchev–Trinajstić information content (AvgIpc) is 2.61. The van der Waals surface area contributed by atoms with Crippen LogP contribution in [0.5, 0.6) is 0 Å². The van der Waals surface area contributed by atoms with Crippen LogP contribution >= 0.6 is 0 Å². The minimum absolute atomic E-state index is 0.000791. The molecule has 0 amide bonds. The first kappa shape index (κ1) is 24.3. The number of ether oxygens (including phenoxy) is 2. The predicted octanol–water partition coefficient (Wildman–Crippen LogP) is -2.04. The Morgan fingerprint density at radius 3 is 2.59 bits per heavy atom. The maximum absolute atomic E-state index is 11.7. The van der Waals surface area contributed by atoms with Gasteiger partial charge in [-0.05, 0) is 19.3 Å². The molecular weight excluding hydrogens is 361 g/mol. The van der Waals surface area contributed by atoms with Gasteiger partial charge in [0.15, 0.2) is 0 Å². The van der Waals surface area contributed by atoms with Gasteiger partial charge in [-0.2, -0.15) is 0 Å². The topological polar surface area (TPSA) is 158 Å². The van der Waals surface area contributed by atoms with E-state index < -0.39 is 48.8 Å². The molecule has 1 heterocycles. The van der Waals surface area contributed by atoms with Crippen molar-refractivity contribution in [2.24, 2.45) is 5.92 Å². The maximum Gasteiger partial charge on any atom is 0.364 e. The van der Waals surface area contributed by atoms with Crippen LogP contribution in [0.15, 0.2) is 0 Å². The fourth-order valence-electron chi connectivity index (χ4n) is 2.90. The fourth-order valence-corrected chi connectivity index (χ4v) is 2.90. The number of carbonyl (C=O) groups is 1. The summed E-state index contributed by atoms with van der Waals surface area (Å²) in [6.07, 6.45) is -5.39. The molecule has 1 saturated heterocycles. The van der Waals surface area contributed by atoms with E-state index in [2.05, 4.69) is 19.1 Å². The summed E-state index contributed by atoms with van der Waals surface area (Å²) in [5.74, 6) is -3.15. The molecular formula is C16H32BNO9. The van der Waals surface area contributed by atoms with E-state index in [0.29, 0.717) is 12.5 Å². The van der Waals surface area contributed by atoms with E-state index >= 15 is 0 Å². The number of aliphatic carboxylic acids is 1. The molecule has 0 aromatic heterocycles. The van der Waals surface area contributed by atoms with Gasteiger partial charge in [-0.15, -0.1) is 0 Å². The molecule has 10 nitrogen and oxygen atoms in total. The van der Waals surface area contributed by atoms with E-state index in [9.17, 15) is 25.2 Å². The molecule has 0 saturated carbocycles. The molecule has 0 radical (unpaired) electrons. The zero-order valence-corrected chi connectivity index (χ0v) is 16.1. The Bertz CT molecular complexity index is 456. The Kier molecular flexibility index (Phi) is 10.1. The van der Waals surface area contributed by atoms with E-state index in [4.69, 9.17) is 19.2 Å². The van der Waals surface area contributed by atoms with Gasteiger partial charge in [0.1, 0.15) is 18.3 Å². The molecule has 6 N–H and O–H groups in total. The Morgan fingerprint density at radius 1 is 1.41 bits per heavy atom. The number of rotatable bonds is 12. The largest absolute Gasteiger partial charge is 0.477 e. The second-order valence-electron chi connectivity index (χ2n) is 7.05. The minimum Gasteiger partial charge on any atom is -0.477 e. The number of hydrogen-bond acceptors (Lipinski definition) is 9. The van der Waals surface area contributed by atoms with Crippen molar-refractivity contribution >= 4 is 13.6 Å². The van der Waals surface area contributed by atoms with Gasteiger partial charge in [0.25, 0.3) is 5.79 Å². The Labute approximate surface area is 159 Å². The summed E-state index contributed by atoms with van der Waals surface area (Å²) >= 11 is 0. The molecule has 1 aliphatic rings. The lowest BCUT2D eigenvalue weighted by atomic mass is 9.87. The van der Waals surface area contributed by atoms with E-state index in [-0.39, 0.29) is 20.6 Å². The first-order valence-corrected chi connectivity index (χ1v) is 9.19. The summed E-state index contributed by atoms with van der Waals surface area (Å²) in [5, 5.41) is 52.1. The fraction of sp³-hybridized carbons (Fsp3) is 0.938. The van der Waals surface area contributed by atoms with Crippen molar-refractivity contribution in [3.8, 4) is 0 Å². The van der Waals surface area contributed by atoms with E-state index in [1.807, 2.05) is 0 Å². The van der Waals surface area contributed by atoms with Gasteiger partial charge in [0.05, 0.1) is 18.8 Å². The van der Waals surface area contributed by atoms with E-state index in [1.165, 1.54) is 0 Å². The molecule has 0 aromatic carbocycles. The molecule has 1 fully saturated rings. The zero-order valence-electron chi connectivity index (χ0n) is 16.1. The van der Waals surface area contributed by atoms with Crippen LogP contribution in [0.2, 0.25) is 0 Å². The van der Waals surface area contributed by atoms with Crippen molar-refractivity contribution in [2.75, 3.05) is 19.8 Å². The highest BCUT2D eigenvalue weighted by Gasteiger charge is 2.55. The van der Waals surface area contributed by atoms with Gasteiger partial charge in [-0.3, -0.25) is 0 Å². The second-order valence-corrected chi connectivity index (χ2v) is 7.05. The van der Waals surface area contributed by atoms with Crippen LogP contribution in [-0.4, -0.2) is 95.2 Å². The van der Waals surface area contributed by atoms with Crippen LogP contribution in [0.4, 0.5) is 0 Å². The summed E-state index contributed by atoms with van der Waals surface area (Å²) in [7, 11) is 0.0327. The highest BCUT2D eigenvalue weighted by Crippen LogP contribution is 2.33. The molecule has 158 valence electrons. The molecule has 11 heteroatoms. The van der Waals surface area contributed by atoms with Crippen molar-refractivity contribution in [2.45, 2.75) is 69.9 Å². The maximum atomic E-state index is 11.7. The molecule has 6 atom stereocenters. The highest BCUT2D eigenvalue weighted by atomic mass is 16.7. The third-order valence-electron chi connectivity index (χ3n) is 4.45. The van der Waals surface area contributed by atoms with Crippen molar-refractivity contribution in [3.05, 3.63) is 0 Å². The number of aliphatic hydroxyl groups excluding tert-OH is 4. The molecule has 1 rings (SSSR count). The second kappa shape index (κ2) is 11.3. The summed E-state index contributed by atoms with van der Waals surface area (Å²) in [6, 6.07) is -0.937. The third-order valence-corrected chi connectivity index (χ3v) is 4.45. The van der Waals surface area contributed by atoms with Crippen molar-refractivity contribution in [3.63, 3.8) is 0 Å². The summed E-state index contributed by atoms with van der Waals surface area (Å²) in [5.41, 5.74) is 0. The predicted molar refractivity (Wildman–Crippen MR) is 96.1 cm³/mol. The number of hydrogen-bond donors (Lipinski definition) is 6. The molecule has 2 unspecified atom stereocenters. The smallest absolute Gasteiger partial charge is 0.364 e. The van der Waals surface area contributed by atoms with Gasteiger partial charge < -0.3 is 44.9 Å². The Balaban J connectivity index is 2.91. The van der Waals surface area contributed by atoms with Crippen LogP contribution in [0.25, 0.3) is 0 Å². The number of carboxylic acids is 1. The van der Waals surface area contributed by atoms with Gasteiger partial charge in [-0.1, -0.05) is 13.8 Å². The lowest BCUT2D eigenvalue weighted by Crippen LogP contribution is -2.67. The molecule has 1 aliphatic heterocycles. The molecule has 0 aliphatic carbocycles. The van der Waals surface area contributed by atoms with Gasteiger partial charge in [-0.25, -0.2) is 4.79 Å². The van der Waals surface area contributed by atoms with Crippen LogP contribution in [0.3, 0.4) is 0 Å². The van der Waals surface area contributed by atoms with E-state index in [1.54, 1.807) is 6.92 Å². The first-order valence-electron chi connectivity index (χ1n) is 9.19. The Morgan fingerprint density at radius 2 is 2.07 bits per heavy atom. The summed E-state index contributed by atoms with van der Waals surface area (Å²) < 4.78 is 16.2. The zero-order chi connectivity index (χ0) is 20.6. The van der Waals surface area contributed by atoms with Crippen molar-refractivity contribution < 1.29 is 44.5 Å². The van der Waals surface area contributed by atoms with Crippen molar-refractivity contribution in [1.29, 1.82) is 0 Å². The van der Waals surface area contributed by atoms with Crippen LogP contribution in [0.1, 0.15) is 33.6 Å². The van der Waals surface area contributed by atoms with Crippen LogP contribution in [-0.2, 0) is 18.9 Å². The van der Waals surface area contributed by atoms with Crippen LogP contribution < -0.4 is 5.23 Å². The summed E-state index contributed by atoms with van der Waals surface area (Å²) in [6.45, 7) is 5.40. The Hall–Kier alpha value is -0.785. The molecule has 0 spiro atoms. The van der Waals surface area contributed by atoms with Gasteiger partial charge in [0.2, 0.25) is 0 Å². The van der Waals surface area contributed by atoms with Gasteiger partial charge in [0, 0.05) is 19.6 Å². The number of aliphatic hydroxyl groups is 4. The van der Waals surface area contributed by atoms with Crippen LogP contribution in [0, 0.1) is 5.92 Å². The van der Waals surface area contributed by atoms with Crippen molar-refractivity contribution in [1.82, 2.24) is 5.23 Å². The first-order chi connectivity index (χ1) is 12.7. The lowest BCUT2D eigenvalue weighted by Gasteiger charge is -2.46. The highest BCUT2D eigenvalue weighted by molar-refractivity contribution is 6.23.